The number of carbonyl (C=O) groups excluding carboxylic acids is 1. The zero-order valence-corrected chi connectivity index (χ0v) is 18.1. The molecule has 10 heteroatoms. The number of benzene rings is 1. The van der Waals surface area contributed by atoms with Gasteiger partial charge in [-0.05, 0) is 29.4 Å². The van der Waals surface area contributed by atoms with Gasteiger partial charge in [0.15, 0.2) is 17.3 Å². The molecule has 1 aliphatic rings. The number of piperazine rings is 1. The van der Waals surface area contributed by atoms with Crippen molar-refractivity contribution in [2.75, 3.05) is 58.4 Å². The van der Waals surface area contributed by atoms with E-state index in [9.17, 15) is 4.79 Å². The van der Waals surface area contributed by atoms with Crippen LogP contribution in [0.25, 0.3) is 11.5 Å². The summed E-state index contributed by atoms with van der Waals surface area (Å²) in [5.74, 6) is 2.43. The third-order valence-electron chi connectivity index (χ3n) is 5.25. The maximum absolute atomic E-state index is 12.0. The molecule has 1 aromatic carbocycles. The summed E-state index contributed by atoms with van der Waals surface area (Å²) in [5.41, 5.74) is 1.10. The van der Waals surface area contributed by atoms with Gasteiger partial charge in [0.1, 0.15) is 0 Å². The minimum Gasteiger partial charge on any atom is -0.493 e. The van der Waals surface area contributed by atoms with Crippen molar-refractivity contribution in [2.24, 2.45) is 0 Å². The van der Waals surface area contributed by atoms with Gasteiger partial charge in [-0.15, -0.1) is 0 Å². The van der Waals surface area contributed by atoms with Crippen LogP contribution in [0.1, 0.15) is 0 Å². The summed E-state index contributed by atoms with van der Waals surface area (Å²) >= 11 is 0. The number of carbonyl (C=O) groups is 1. The number of furan rings is 1. The Balaban J connectivity index is 1.18. The van der Waals surface area contributed by atoms with E-state index in [0.29, 0.717) is 18.1 Å². The van der Waals surface area contributed by atoms with Gasteiger partial charge in [-0.1, -0.05) is 0 Å². The van der Waals surface area contributed by atoms with Crippen LogP contribution >= 0.6 is 0 Å². The fraction of sp³-hybridized carbons (Fsp3) is 0.364. The molecule has 0 radical (unpaired) electrons. The lowest BCUT2D eigenvalue weighted by atomic mass is 10.2. The Hall–Kier alpha value is -3.66. The Labute approximate surface area is 185 Å². The van der Waals surface area contributed by atoms with E-state index < -0.39 is 6.09 Å². The molecule has 0 unspecified atom stereocenters. The lowest BCUT2D eigenvalue weighted by Gasteiger charge is -2.36. The first kappa shape index (κ1) is 21.6. The molecular weight excluding hydrogens is 416 g/mol. The van der Waals surface area contributed by atoms with E-state index in [4.69, 9.17) is 23.2 Å². The molecule has 0 atom stereocenters. The molecule has 0 bridgehead atoms. The van der Waals surface area contributed by atoms with Gasteiger partial charge in [-0.2, -0.15) is 0 Å². The van der Waals surface area contributed by atoms with Gasteiger partial charge in [-0.3, -0.25) is 4.90 Å². The minimum absolute atomic E-state index is 0.0810. The van der Waals surface area contributed by atoms with Crippen molar-refractivity contribution >= 4 is 11.8 Å². The second-order valence-corrected chi connectivity index (χ2v) is 7.19. The van der Waals surface area contributed by atoms with E-state index in [1.54, 1.807) is 26.4 Å². The number of nitrogens with one attached hydrogen (secondary N) is 1. The molecule has 2 aromatic heterocycles. The third kappa shape index (κ3) is 5.14. The van der Waals surface area contributed by atoms with E-state index in [1.807, 2.05) is 18.2 Å². The highest BCUT2D eigenvalue weighted by atomic mass is 16.6. The van der Waals surface area contributed by atoms with Crippen LogP contribution in [-0.4, -0.2) is 69.6 Å². The Bertz CT molecular complexity index is 1010. The normalized spacial score (nSPS) is 14.2. The Kier molecular flexibility index (Phi) is 6.81. The number of hydrogen-bond acceptors (Lipinski definition) is 9. The number of amides is 1. The number of hydrogen-bond donors (Lipinski definition) is 1. The average molecular weight is 442 g/mol. The van der Waals surface area contributed by atoms with Crippen molar-refractivity contribution in [3.05, 3.63) is 42.7 Å². The molecule has 0 spiro atoms. The van der Waals surface area contributed by atoms with Crippen molar-refractivity contribution in [3.63, 3.8) is 0 Å². The van der Waals surface area contributed by atoms with Crippen molar-refractivity contribution in [1.82, 2.24) is 15.4 Å². The molecule has 4 rings (SSSR count). The predicted molar refractivity (Wildman–Crippen MR) is 116 cm³/mol. The molecule has 32 heavy (non-hydrogen) atoms. The monoisotopic (exact) mass is 442 g/mol. The summed E-state index contributed by atoms with van der Waals surface area (Å²) in [6.45, 7) is 4.74. The van der Waals surface area contributed by atoms with Crippen molar-refractivity contribution in [3.8, 4) is 28.9 Å². The van der Waals surface area contributed by atoms with Gasteiger partial charge in [0.2, 0.25) is 5.76 Å². The number of nitrogens with zero attached hydrogens (tertiary/aromatic N) is 3. The molecule has 1 aliphatic heterocycles. The van der Waals surface area contributed by atoms with Gasteiger partial charge < -0.3 is 33.4 Å². The second kappa shape index (κ2) is 10.1. The van der Waals surface area contributed by atoms with Crippen molar-refractivity contribution < 1.29 is 27.9 Å². The summed E-state index contributed by atoms with van der Waals surface area (Å²) in [4.78, 5) is 16.6. The van der Waals surface area contributed by atoms with E-state index in [1.165, 1.54) is 12.3 Å². The van der Waals surface area contributed by atoms with Crippen molar-refractivity contribution in [1.29, 1.82) is 0 Å². The smallest absolute Gasteiger partial charge is 0.414 e. The molecule has 1 saturated heterocycles. The second-order valence-electron chi connectivity index (χ2n) is 7.19. The SMILES string of the molecule is COc1ccc(N2CCN(CCNC(=O)Oc3cc(-c4ccco4)on3)CC2)cc1OC. The zero-order chi connectivity index (χ0) is 22.3. The van der Waals surface area contributed by atoms with Crippen LogP contribution in [0, 0.1) is 0 Å². The average Bonchev–Trinajstić information content (AvgIpc) is 3.51. The summed E-state index contributed by atoms with van der Waals surface area (Å²) in [6.07, 6.45) is 0.951. The van der Waals surface area contributed by atoms with Crippen LogP contribution in [0.4, 0.5) is 10.5 Å². The largest absolute Gasteiger partial charge is 0.493 e. The van der Waals surface area contributed by atoms with Crippen LogP contribution < -0.4 is 24.4 Å². The molecule has 1 amide bonds. The highest BCUT2D eigenvalue weighted by Crippen LogP contribution is 2.31. The van der Waals surface area contributed by atoms with E-state index >= 15 is 0 Å². The molecule has 0 saturated carbocycles. The fourth-order valence-electron chi connectivity index (χ4n) is 3.54. The number of aromatic nitrogens is 1. The fourth-order valence-corrected chi connectivity index (χ4v) is 3.54. The summed E-state index contributed by atoms with van der Waals surface area (Å²) in [7, 11) is 3.27. The van der Waals surface area contributed by atoms with Gasteiger partial charge in [0.25, 0.3) is 5.88 Å². The number of ether oxygens (including phenoxy) is 3. The van der Waals surface area contributed by atoms with E-state index in [2.05, 4.69) is 20.3 Å². The first-order valence-corrected chi connectivity index (χ1v) is 10.3. The molecule has 10 nitrogen and oxygen atoms in total. The number of methoxy groups -OCH3 is 2. The Morgan fingerprint density at radius 3 is 2.59 bits per heavy atom. The van der Waals surface area contributed by atoms with Gasteiger partial charge in [0.05, 0.1) is 26.5 Å². The van der Waals surface area contributed by atoms with Gasteiger partial charge >= 0.3 is 6.09 Å². The van der Waals surface area contributed by atoms with Gasteiger partial charge in [-0.25, -0.2) is 4.79 Å². The highest BCUT2D eigenvalue weighted by Gasteiger charge is 2.19. The van der Waals surface area contributed by atoms with Crippen molar-refractivity contribution in [2.45, 2.75) is 0 Å². The molecule has 3 heterocycles. The van der Waals surface area contributed by atoms with Crippen LogP contribution in [0.3, 0.4) is 0 Å². The summed E-state index contributed by atoms with van der Waals surface area (Å²) in [5, 5.41) is 6.46. The number of rotatable bonds is 8. The lowest BCUT2D eigenvalue weighted by Crippen LogP contribution is -2.48. The topological polar surface area (TPSA) is 102 Å². The Morgan fingerprint density at radius 2 is 1.88 bits per heavy atom. The van der Waals surface area contributed by atoms with Crippen LogP contribution in [0.2, 0.25) is 0 Å². The third-order valence-corrected chi connectivity index (χ3v) is 5.25. The molecule has 170 valence electrons. The number of anilines is 1. The maximum Gasteiger partial charge on any atom is 0.414 e. The zero-order valence-electron chi connectivity index (χ0n) is 18.1. The summed E-state index contributed by atoms with van der Waals surface area (Å²) in [6, 6.07) is 10.9. The molecule has 1 fully saturated rings. The molecular formula is C22H26N4O6. The minimum atomic E-state index is -0.576. The summed E-state index contributed by atoms with van der Waals surface area (Å²) < 4.78 is 26.2. The lowest BCUT2D eigenvalue weighted by molar-refractivity contribution is 0.191. The maximum atomic E-state index is 12.0. The van der Waals surface area contributed by atoms with E-state index in [-0.39, 0.29) is 5.88 Å². The molecule has 1 N–H and O–H groups in total. The van der Waals surface area contributed by atoms with E-state index in [0.717, 1.165) is 49.9 Å². The highest BCUT2D eigenvalue weighted by molar-refractivity contribution is 5.70. The van der Waals surface area contributed by atoms with Crippen LogP contribution in [0.5, 0.6) is 17.4 Å². The quantitative estimate of drug-likeness (QED) is 0.564. The molecule has 3 aromatic rings. The van der Waals surface area contributed by atoms with Crippen LogP contribution in [-0.2, 0) is 0 Å². The van der Waals surface area contributed by atoms with Crippen LogP contribution in [0.15, 0.2) is 51.6 Å². The molecule has 0 aliphatic carbocycles. The predicted octanol–water partition coefficient (Wildman–Crippen LogP) is 2.86. The first-order chi connectivity index (χ1) is 15.7. The first-order valence-electron chi connectivity index (χ1n) is 10.3. The Morgan fingerprint density at radius 1 is 1.06 bits per heavy atom. The van der Waals surface area contributed by atoms with Gasteiger partial charge in [0, 0.05) is 51.0 Å². The standard InChI is InChI=1S/C22H26N4O6/c1-28-17-6-5-16(14-19(17)29-2)26-11-9-25(10-12-26)8-7-23-22(27)31-21-15-20(32-24-21)18-4-3-13-30-18/h3-6,13-15H,7-12H2,1-2H3,(H,23,27).